The molecule has 0 atom stereocenters. The zero-order chi connectivity index (χ0) is 14.7. The fraction of sp³-hybridized carbons (Fsp3) is 0.231. The second-order valence-electron chi connectivity index (χ2n) is 4.50. The number of aromatic amines is 1. The minimum Gasteiger partial charge on any atom is -0.350 e. The van der Waals surface area contributed by atoms with Gasteiger partial charge in [-0.1, -0.05) is 29.3 Å². The molecule has 0 unspecified atom stereocenters. The van der Waals surface area contributed by atoms with Gasteiger partial charge >= 0.3 is 0 Å². The summed E-state index contributed by atoms with van der Waals surface area (Å²) in [5, 5.41) is 13.3. The highest BCUT2D eigenvalue weighted by molar-refractivity contribution is 6.39. The molecule has 3 N–H and O–H groups in total. The highest BCUT2D eigenvalue weighted by Gasteiger charge is 2.17. The Hall–Kier alpha value is -1.72. The first-order valence-corrected chi connectivity index (χ1v) is 6.80. The molecule has 0 saturated heterocycles. The summed E-state index contributed by atoms with van der Waals surface area (Å²) in [6.45, 7) is 3.76. The number of halogens is 2. The van der Waals surface area contributed by atoms with Crippen molar-refractivity contribution in [3.8, 4) is 0 Å². The van der Waals surface area contributed by atoms with Gasteiger partial charge in [0.15, 0.2) is 5.69 Å². The van der Waals surface area contributed by atoms with E-state index in [9.17, 15) is 4.79 Å². The minimum absolute atomic E-state index is 0.0240. The van der Waals surface area contributed by atoms with E-state index in [1.807, 2.05) is 13.8 Å². The summed E-state index contributed by atoms with van der Waals surface area (Å²) in [4.78, 5) is 12.0. The number of aromatic nitrogens is 2. The molecule has 0 aliphatic rings. The first-order chi connectivity index (χ1) is 9.49. The number of benzene rings is 1. The summed E-state index contributed by atoms with van der Waals surface area (Å²) < 4.78 is 0. The van der Waals surface area contributed by atoms with Gasteiger partial charge in [-0.15, -0.1) is 0 Å². The summed E-state index contributed by atoms with van der Waals surface area (Å²) in [5.41, 5.74) is 1.31. The molecule has 0 saturated carbocycles. The summed E-state index contributed by atoms with van der Waals surface area (Å²) in [6.07, 6.45) is 1.58. The number of carbonyl (C=O) groups is 1. The van der Waals surface area contributed by atoms with E-state index in [0.717, 1.165) is 0 Å². The van der Waals surface area contributed by atoms with Gasteiger partial charge in [0.05, 0.1) is 21.4 Å². The minimum atomic E-state index is -0.271. The van der Waals surface area contributed by atoms with Gasteiger partial charge in [-0.25, -0.2) is 0 Å². The van der Waals surface area contributed by atoms with Crippen LogP contribution in [0.4, 0.5) is 11.4 Å². The van der Waals surface area contributed by atoms with Crippen LogP contribution in [-0.2, 0) is 0 Å². The fourth-order valence-electron chi connectivity index (χ4n) is 1.64. The van der Waals surface area contributed by atoms with Gasteiger partial charge in [0, 0.05) is 12.2 Å². The van der Waals surface area contributed by atoms with Crippen LogP contribution in [0.3, 0.4) is 0 Å². The molecular formula is C13H14Cl2N4O. The van der Waals surface area contributed by atoms with E-state index in [4.69, 9.17) is 23.2 Å². The molecule has 5 nitrogen and oxygen atoms in total. The molecule has 0 aliphatic carbocycles. The number of amides is 1. The predicted octanol–water partition coefficient (Wildman–Crippen LogP) is 3.60. The third-order valence-electron chi connectivity index (χ3n) is 2.50. The number of rotatable bonds is 4. The second kappa shape index (κ2) is 6.15. The predicted molar refractivity (Wildman–Crippen MR) is 80.9 cm³/mol. The third kappa shape index (κ3) is 3.23. The fourth-order valence-corrected chi connectivity index (χ4v) is 2.13. The Bertz CT molecular complexity index is 604. The molecule has 1 aromatic heterocycles. The molecule has 0 radical (unpaired) electrons. The van der Waals surface area contributed by atoms with Gasteiger partial charge in [-0.3, -0.25) is 9.89 Å². The zero-order valence-electron chi connectivity index (χ0n) is 11.0. The average molecular weight is 313 g/mol. The molecule has 0 bridgehead atoms. The van der Waals surface area contributed by atoms with Crippen LogP contribution in [0, 0.1) is 0 Å². The first-order valence-electron chi connectivity index (χ1n) is 6.04. The van der Waals surface area contributed by atoms with E-state index in [-0.39, 0.29) is 17.6 Å². The van der Waals surface area contributed by atoms with Gasteiger partial charge in [0.2, 0.25) is 0 Å². The van der Waals surface area contributed by atoms with Crippen molar-refractivity contribution in [1.82, 2.24) is 15.5 Å². The van der Waals surface area contributed by atoms with Gasteiger partial charge in [-0.2, -0.15) is 5.10 Å². The third-order valence-corrected chi connectivity index (χ3v) is 3.13. The molecule has 1 heterocycles. The number of hydrogen-bond donors (Lipinski definition) is 3. The molecule has 2 aromatic rings. The largest absolute Gasteiger partial charge is 0.350 e. The maximum Gasteiger partial charge on any atom is 0.274 e. The topological polar surface area (TPSA) is 69.8 Å². The Labute approximate surface area is 126 Å². The first kappa shape index (κ1) is 14.7. The number of nitrogens with zero attached hydrogens (tertiary/aromatic N) is 1. The maximum atomic E-state index is 12.0. The lowest BCUT2D eigenvalue weighted by atomic mass is 10.2. The molecule has 0 fully saturated rings. The lowest BCUT2D eigenvalue weighted by Gasteiger charge is -2.11. The van der Waals surface area contributed by atoms with E-state index in [2.05, 4.69) is 20.8 Å². The molecule has 0 aliphatic heterocycles. The van der Waals surface area contributed by atoms with Gasteiger partial charge in [0.25, 0.3) is 5.91 Å². The Morgan fingerprint density at radius 3 is 2.55 bits per heavy atom. The smallest absolute Gasteiger partial charge is 0.274 e. The maximum absolute atomic E-state index is 12.0. The summed E-state index contributed by atoms with van der Waals surface area (Å²) in [7, 11) is 0. The number of nitrogens with one attached hydrogen (secondary N) is 3. The van der Waals surface area contributed by atoms with Crippen LogP contribution in [0.1, 0.15) is 24.3 Å². The zero-order valence-corrected chi connectivity index (χ0v) is 12.5. The van der Waals surface area contributed by atoms with Crippen LogP contribution in [0.25, 0.3) is 0 Å². The van der Waals surface area contributed by atoms with E-state index < -0.39 is 0 Å². The summed E-state index contributed by atoms with van der Waals surface area (Å²) in [5.74, 6) is -0.271. The molecule has 0 spiro atoms. The normalized spacial score (nSPS) is 10.7. The highest BCUT2D eigenvalue weighted by Crippen LogP contribution is 2.33. The van der Waals surface area contributed by atoms with Crippen molar-refractivity contribution in [2.24, 2.45) is 0 Å². The Balaban J connectivity index is 2.27. The number of anilines is 2. The van der Waals surface area contributed by atoms with Crippen LogP contribution in [-0.4, -0.2) is 22.1 Å². The SMILES string of the molecule is CC(C)NC(=O)c1n[nH]cc1Nc1c(Cl)cccc1Cl. The average Bonchev–Trinajstić information content (AvgIpc) is 2.81. The standard InChI is InChI=1S/C13H14Cl2N4O/c1-7(2)17-13(20)12-10(6-16-19-12)18-11-8(14)4-3-5-9(11)15/h3-7,18H,1-2H3,(H,16,19)(H,17,20). The van der Waals surface area contributed by atoms with E-state index in [1.54, 1.807) is 24.4 Å². The summed E-state index contributed by atoms with van der Waals surface area (Å²) in [6, 6.07) is 5.20. The van der Waals surface area contributed by atoms with Crippen molar-refractivity contribution >= 4 is 40.5 Å². The van der Waals surface area contributed by atoms with Crippen LogP contribution >= 0.6 is 23.2 Å². The number of para-hydroxylation sites is 1. The second-order valence-corrected chi connectivity index (χ2v) is 5.31. The van der Waals surface area contributed by atoms with Gasteiger partial charge in [0.1, 0.15) is 0 Å². The quantitative estimate of drug-likeness (QED) is 0.808. The molecular weight excluding hydrogens is 299 g/mol. The van der Waals surface area contributed by atoms with Crippen LogP contribution in [0.2, 0.25) is 10.0 Å². The Kier molecular flexibility index (Phi) is 4.52. The Morgan fingerprint density at radius 2 is 1.95 bits per heavy atom. The van der Waals surface area contributed by atoms with E-state index >= 15 is 0 Å². The monoisotopic (exact) mass is 312 g/mol. The molecule has 106 valence electrons. The van der Waals surface area contributed by atoms with E-state index in [1.165, 1.54) is 0 Å². The van der Waals surface area contributed by atoms with Gasteiger partial charge < -0.3 is 10.6 Å². The van der Waals surface area contributed by atoms with Crippen molar-refractivity contribution in [3.63, 3.8) is 0 Å². The van der Waals surface area contributed by atoms with Crippen molar-refractivity contribution in [2.75, 3.05) is 5.32 Å². The number of carbonyl (C=O) groups excluding carboxylic acids is 1. The van der Waals surface area contributed by atoms with Crippen LogP contribution in [0.15, 0.2) is 24.4 Å². The number of H-pyrrole nitrogens is 1. The lowest BCUT2D eigenvalue weighted by Crippen LogP contribution is -2.30. The number of hydrogen-bond acceptors (Lipinski definition) is 3. The van der Waals surface area contributed by atoms with Crippen molar-refractivity contribution < 1.29 is 4.79 Å². The highest BCUT2D eigenvalue weighted by atomic mass is 35.5. The molecule has 7 heteroatoms. The lowest BCUT2D eigenvalue weighted by molar-refractivity contribution is 0.0939. The van der Waals surface area contributed by atoms with Crippen LogP contribution < -0.4 is 10.6 Å². The Morgan fingerprint density at radius 1 is 1.30 bits per heavy atom. The van der Waals surface area contributed by atoms with Crippen molar-refractivity contribution in [2.45, 2.75) is 19.9 Å². The van der Waals surface area contributed by atoms with Crippen molar-refractivity contribution in [3.05, 3.63) is 40.1 Å². The van der Waals surface area contributed by atoms with Crippen LogP contribution in [0.5, 0.6) is 0 Å². The molecule has 2 rings (SSSR count). The summed E-state index contributed by atoms with van der Waals surface area (Å²) >= 11 is 12.2. The molecule has 1 aromatic carbocycles. The van der Waals surface area contributed by atoms with E-state index in [0.29, 0.717) is 21.4 Å². The van der Waals surface area contributed by atoms with Crippen molar-refractivity contribution in [1.29, 1.82) is 0 Å². The molecule has 20 heavy (non-hydrogen) atoms. The molecule has 1 amide bonds. The van der Waals surface area contributed by atoms with Gasteiger partial charge in [-0.05, 0) is 26.0 Å².